The molecule has 2 atom stereocenters. The van der Waals surface area contributed by atoms with E-state index < -0.39 is 0 Å². The summed E-state index contributed by atoms with van der Waals surface area (Å²) < 4.78 is 7.14. The molecule has 2 aliphatic rings. The highest BCUT2D eigenvalue weighted by Crippen LogP contribution is 2.43. The smallest absolute Gasteiger partial charge is 0.293 e. The average molecular weight is 505 g/mol. The van der Waals surface area contributed by atoms with Crippen LogP contribution in [0.1, 0.15) is 44.6 Å². The highest BCUT2D eigenvalue weighted by Gasteiger charge is 2.29. The molecule has 0 bridgehead atoms. The Bertz CT molecular complexity index is 1370. The lowest BCUT2D eigenvalue weighted by molar-refractivity contribution is -0.130. The molecule has 9 heteroatoms. The third-order valence-corrected chi connectivity index (χ3v) is 7.28. The number of pyridine rings is 1. The molecule has 0 spiro atoms. The van der Waals surface area contributed by atoms with Gasteiger partial charge in [-0.05, 0) is 61.3 Å². The fraction of sp³-hybridized carbons (Fsp3) is 0.500. The van der Waals surface area contributed by atoms with Gasteiger partial charge in [0.2, 0.25) is 5.95 Å². The minimum absolute atomic E-state index is 0.152. The van der Waals surface area contributed by atoms with Gasteiger partial charge in [-0.1, -0.05) is 13.8 Å². The Balaban J connectivity index is 1.45. The molecule has 1 saturated heterocycles. The van der Waals surface area contributed by atoms with Gasteiger partial charge in [0.15, 0.2) is 12.4 Å². The molecule has 1 aromatic carbocycles. The number of aromatic nitrogens is 3. The summed E-state index contributed by atoms with van der Waals surface area (Å²) in [5.41, 5.74) is 2.52. The number of ether oxygens (including phenoxy) is 1. The van der Waals surface area contributed by atoms with Crippen molar-refractivity contribution < 1.29 is 9.53 Å². The molecule has 9 nitrogen and oxygen atoms in total. The molecule has 37 heavy (non-hydrogen) atoms. The van der Waals surface area contributed by atoms with Crippen LogP contribution < -0.4 is 20.5 Å². The van der Waals surface area contributed by atoms with Crippen molar-refractivity contribution in [2.45, 2.75) is 39.0 Å². The number of amides is 1. The predicted octanol–water partition coefficient (Wildman–Crippen LogP) is 3.90. The van der Waals surface area contributed by atoms with Crippen LogP contribution in [-0.4, -0.2) is 59.1 Å². The Morgan fingerprint density at radius 1 is 1.16 bits per heavy atom. The summed E-state index contributed by atoms with van der Waals surface area (Å²) in [6.45, 7) is 6.33. The molecule has 1 saturated carbocycles. The van der Waals surface area contributed by atoms with Crippen LogP contribution in [0.4, 0.5) is 17.5 Å². The molecule has 0 radical (unpaired) electrons. The maximum absolute atomic E-state index is 12.8. The molecule has 3 heterocycles. The van der Waals surface area contributed by atoms with E-state index >= 15 is 0 Å². The lowest BCUT2D eigenvalue weighted by Gasteiger charge is -2.35. The Hall–Kier alpha value is -3.62. The zero-order valence-electron chi connectivity index (χ0n) is 22.3. The number of nitrogens with one attached hydrogen (secondary N) is 1. The highest BCUT2D eigenvalue weighted by molar-refractivity contribution is 5.85. The number of likely N-dealkylation sites (N-methyl/N-ethyl adjacent to an activating group) is 1. The van der Waals surface area contributed by atoms with Crippen molar-refractivity contribution in [3.05, 3.63) is 46.4 Å². The second-order valence-electron chi connectivity index (χ2n) is 10.9. The topological polar surface area (TPSA) is 92.6 Å². The first-order valence-corrected chi connectivity index (χ1v) is 13.0. The Morgan fingerprint density at radius 3 is 2.57 bits per heavy atom. The van der Waals surface area contributed by atoms with E-state index in [-0.39, 0.29) is 23.8 Å². The second-order valence-corrected chi connectivity index (χ2v) is 10.9. The molecule has 1 aliphatic heterocycles. The first-order valence-electron chi connectivity index (χ1n) is 13.0. The number of carbonyl (C=O) groups excluding carboxylic acids is 1. The second kappa shape index (κ2) is 10.0. The summed E-state index contributed by atoms with van der Waals surface area (Å²) in [5.74, 6) is 3.28. The van der Waals surface area contributed by atoms with Crippen LogP contribution in [0.3, 0.4) is 0 Å². The van der Waals surface area contributed by atoms with Crippen molar-refractivity contribution in [2.75, 3.05) is 44.0 Å². The van der Waals surface area contributed by atoms with Gasteiger partial charge in [-0.15, -0.1) is 0 Å². The van der Waals surface area contributed by atoms with Gasteiger partial charge in [0.05, 0.1) is 5.52 Å². The quantitative estimate of drug-likeness (QED) is 0.522. The summed E-state index contributed by atoms with van der Waals surface area (Å²) in [6.07, 6.45) is 5.53. The van der Waals surface area contributed by atoms with Gasteiger partial charge in [0.25, 0.3) is 11.5 Å². The molecule has 196 valence electrons. The molecule has 2 aromatic heterocycles. The Labute approximate surface area is 217 Å². The van der Waals surface area contributed by atoms with Crippen LogP contribution in [0.15, 0.2) is 35.3 Å². The van der Waals surface area contributed by atoms with E-state index in [0.29, 0.717) is 17.8 Å². The molecule has 3 aromatic rings. The number of carbonyl (C=O) groups is 1. The van der Waals surface area contributed by atoms with Crippen LogP contribution in [0.25, 0.3) is 10.9 Å². The first-order chi connectivity index (χ1) is 17.7. The number of piperidine rings is 1. The van der Waals surface area contributed by atoms with Crippen LogP contribution in [-0.2, 0) is 11.8 Å². The summed E-state index contributed by atoms with van der Waals surface area (Å²) in [5, 5.41) is 4.37. The Kier molecular flexibility index (Phi) is 6.79. The third kappa shape index (κ3) is 5.40. The Morgan fingerprint density at radius 2 is 1.89 bits per heavy atom. The number of anilines is 3. The maximum atomic E-state index is 12.8. The van der Waals surface area contributed by atoms with Gasteiger partial charge in [-0.25, -0.2) is 4.98 Å². The van der Waals surface area contributed by atoms with Crippen molar-refractivity contribution in [3.63, 3.8) is 0 Å². The first kappa shape index (κ1) is 25.0. The van der Waals surface area contributed by atoms with E-state index in [1.807, 2.05) is 24.4 Å². The number of hydrogen-bond donors (Lipinski definition) is 1. The summed E-state index contributed by atoms with van der Waals surface area (Å²) in [4.78, 5) is 38.2. The normalized spacial score (nSPS) is 19.6. The number of fused-ring (bicyclic) bond motifs is 1. The minimum Gasteiger partial charge on any atom is -0.478 e. The van der Waals surface area contributed by atoms with Gasteiger partial charge in [0, 0.05) is 57.1 Å². The molecular weight excluding hydrogens is 468 g/mol. The van der Waals surface area contributed by atoms with Crippen molar-refractivity contribution in [1.29, 1.82) is 0 Å². The summed E-state index contributed by atoms with van der Waals surface area (Å²) in [7, 11) is 5.02. The summed E-state index contributed by atoms with van der Waals surface area (Å²) >= 11 is 0. The SMILES string of the molecule is C[C@@H]1C[C@H](C)CN(c2ncc(C3CC3)c(Nc3ccc4c(c3)cc(OCC(=O)N(C)C)c(=O)n4C)n2)C1. The molecule has 5 rings (SSSR count). The fourth-order valence-corrected chi connectivity index (χ4v) is 5.19. The number of rotatable bonds is 7. The molecule has 0 unspecified atom stereocenters. The van der Waals surface area contributed by atoms with E-state index in [1.165, 1.54) is 11.3 Å². The van der Waals surface area contributed by atoms with Gasteiger partial charge in [-0.3, -0.25) is 9.59 Å². The van der Waals surface area contributed by atoms with Crippen molar-refractivity contribution in [3.8, 4) is 5.75 Å². The van der Waals surface area contributed by atoms with Gasteiger partial charge in [-0.2, -0.15) is 4.98 Å². The van der Waals surface area contributed by atoms with Crippen molar-refractivity contribution in [2.24, 2.45) is 18.9 Å². The van der Waals surface area contributed by atoms with Crippen LogP contribution in [0.2, 0.25) is 0 Å². The van der Waals surface area contributed by atoms with Gasteiger partial charge < -0.3 is 24.4 Å². The summed E-state index contributed by atoms with van der Waals surface area (Å²) in [6, 6.07) is 7.57. The highest BCUT2D eigenvalue weighted by atomic mass is 16.5. The van der Waals surface area contributed by atoms with E-state index in [2.05, 4.69) is 24.1 Å². The van der Waals surface area contributed by atoms with E-state index in [1.54, 1.807) is 31.8 Å². The molecular formula is C28H36N6O3. The maximum Gasteiger partial charge on any atom is 0.293 e. The number of nitrogens with zero attached hydrogens (tertiary/aromatic N) is 5. The largest absolute Gasteiger partial charge is 0.478 e. The molecule has 1 N–H and O–H groups in total. The van der Waals surface area contributed by atoms with E-state index in [4.69, 9.17) is 14.7 Å². The minimum atomic E-state index is -0.277. The van der Waals surface area contributed by atoms with Gasteiger partial charge in [0.1, 0.15) is 5.82 Å². The lowest BCUT2D eigenvalue weighted by Crippen LogP contribution is -2.39. The molecule has 1 aliphatic carbocycles. The predicted molar refractivity (Wildman–Crippen MR) is 146 cm³/mol. The van der Waals surface area contributed by atoms with Crippen LogP contribution >= 0.6 is 0 Å². The number of hydrogen-bond acceptors (Lipinski definition) is 7. The van der Waals surface area contributed by atoms with E-state index in [9.17, 15) is 9.59 Å². The number of aryl methyl sites for hydroxylation is 1. The van der Waals surface area contributed by atoms with Crippen LogP contribution in [0, 0.1) is 11.8 Å². The van der Waals surface area contributed by atoms with E-state index in [0.717, 1.165) is 59.9 Å². The van der Waals surface area contributed by atoms with Crippen molar-refractivity contribution >= 4 is 34.3 Å². The average Bonchev–Trinajstić information content (AvgIpc) is 3.70. The third-order valence-electron chi connectivity index (χ3n) is 7.28. The molecule has 2 fully saturated rings. The fourth-order valence-electron chi connectivity index (χ4n) is 5.19. The molecule has 1 amide bonds. The number of benzene rings is 1. The lowest BCUT2D eigenvalue weighted by atomic mass is 9.92. The zero-order valence-corrected chi connectivity index (χ0v) is 22.3. The standard InChI is InChI=1S/C28H36N6O3/c1-17-10-18(2)15-34(14-17)28-29-13-22(19-6-7-19)26(31-28)30-21-8-9-23-20(11-21)12-24(27(36)33(23)5)37-16-25(35)32(3)4/h8-9,11-13,17-19H,6-7,10,14-16H2,1-5H3,(H,29,30,31)/t17-,18+. The van der Waals surface area contributed by atoms with Crippen LogP contribution in [0.5, 0.6) is 5.75 Å². The monoisotopic (exact) mass is 504 g/mol. The van der Waals surface area contributed by atoms with Crippen molar-refractivity contribution in [1.82, 2.24) is 19.4 Å². The van der Waals surface area contributed by atoms with Gasteiger partial charge >= 0.3 is 0 Å². The zero-order chi connectivity index (χ0) is 26.3.